The summed E-state index contributed by atoms with van der Waals surface area (Å²) in [5.74, 6) is -0.428. The number of nitrogens with zero attached hydrogens (tertiary/aromatic N) is 3. The number of rotatable bonds is 7. The minimum absolute atomic E-state index is 0.0137. The fourth-order valence-corrected chi connectivity index (χ4v) is 5.67. The molecule has 10 heteroatoms. The molecule has 1 aliphatic heterocycles. The smallest absolute Gasteiger partial charge is 0.248 e. The molecule has 1 saturated heterocycles. The van der Waals surface area contributed by atoms with Crippen LogP contribution < -0.4 is 5.32 Å². The van der Waals surface area contributed by atoms with Crippen LogP contribution >= 0.6 is 11.6 Å². The molecule has 1 fully saturated rings. The molecule has 0 aliphatic carbocycles. The number of amides is 1. The summed E-state index contributed by atoms with van der Waals surface area (Å²) in [5.41, 5.74) is 2.92. The number of halogens is 1. The Morgan fingerprint density at radius 3 is 2.70 bits per heavy atom. The molecule has 1 N–H and O–H groups in total. The van der Waals surface area contributed by atoms with Gasteiger partial charge in [0, 0.05) is 25.9 Å². The first kappa shape index (κ1) is 22.7. The van der Waals surface area contributed by atoms with Gasteiger partial charge in [0.15, 0.2) is 0 Å². The van der Waals surface area contributed by atoms with Crippen LogP contribution in [-0.2, 0) is 26.6 Å². The number of carbonyl (C=O) groups is 1. The molecule has 3 rings (SSSR count). The average molecular weight is 455 g/mol. The molecule has 0 bridgehead atoms. The Kier molecular flexibility index (Phi) is 6.86. The zero-order valence-corrected chi connectivity index (χ0v) is 19.2. The largest absolute Gasteiger partial charge is 0.377 e. The maximum absolute atomic E-state index is 13.4. The minimum atomic E-state index is -4.06. The number of hydrogen-bond acceptors (Lipinski definition) is 5. The van der Waals surface area contributed by atoms with Crippen molar-refractivity contribution in [2.45, 2.75) is 44.6 Å². The van der Waals surface area contributed by atoms with Gasteiger partial charge >= 0.3 is 0 Å². The topological polar surface area (TPSA) is 93.5 Å². The quantitative estimate of drug-likeness (QED) is 0.694. The third-order valence-electron chi connectivity index (χ3n) is 5.33. The van der Waals surface area contributed by atoms with E-state index < -0.39 is 15.9 Å². The van der Waals surface area contributed by atoms with Crippen LogP contribution in [0.1, 0.15) is 29.7 Å². The molecule has 8 nitrogen and oxygen atoms in total. The highest BCUT2D eigenvalue weighted by atomic mass is 35.5. The molecular formula is C20H27ClN4O4S. The van der Waals surface area contributed by atoms with Gasteiger partial charge in [-0.2, -0.15) is 9.40 Å². The number of benzene rings is 1. The molecule has 0 saturated carbocycles. The van der Waals surface area contributed by atoms with Crippen molar-refractivity contribution in [2.75, 3.05) is 25.0 Å². The lowest BCUT2D eigenvalue weighted by atomic mass is 10.1. The Bertz CT molecular complexity index is 1050. The van der Waals surface area contributed by atoms with E-state index in [1.807, 2.05) is 26.0 Å². The maximum atomic E-state index is 13.4. The standard InChI is InChI=1S/C20H27ClN4O4S/c1-13-7-5-9-17(14(13)2)22-18(26)12-25(11-16-8-6-10-29-16)30(27,28)19-15(3)23-24(4)20(19)21/h5,7,9,16H,6,8,10-12H2,1-4H3,(H,22,26). The highest BCUT2D eigenvalue weighted by molar-refractivity contribution is 7.89. The van der Waals surface area contributed by atoms with E-state index in [4.69, 9.17) is 16.3 Å². The number of ether oxygens (including phenoxy) is 1. The highest BCUT2D eigenvalue weighted by Gasteiger charge is 2.35. The van der Waals surface area contributed by atoms with E-state index in [9.17, 15) is 13.2 Å². The molecule has 1 aromatic heterocycles. The van der Waals surface area contributed by atoms with Gasteiger partial charge in [-0.25, -0.2) is 8.42 Å². The van der Waals surface area contributed by atoms with Crippen LogP contribution in [0.3, 0.4) is 0 Å². The van der Waals surface area contributed by atoms with E-state index in [2.05, 4.69) is 10.4 Å². The first-order valence-corrected chi connectivity index (χ1v) is 11.6. The Balaban J connectivity index is 1.88. The lowest BCUT2D eigenvalue weighted by Gasteiger charge is -2.24. The van der Waals surface area contributed by atoms with Gasteiger partial charge in [0.25, 0.3) is 0 Å². The van der Waals surface area contributed by atoms with Gasteiger partial charge in [-0.3, -0.25) is 9.48 Å². The summed E-state index contributed by atoms with van der Waals surface area (Å²) >= 11 is 6.23. The number of sulfonamides is 1. The monoisotopic (exact) mass is 454 g/mol. The fraction of sp³-hybridized carbons (Fsp3) is 0.500. The highest BCUT2D eigenvalue weighted by Crippen LogP contribution is 2.28. The lowest BCUT2D eigenvalue weighted by Crippen LogP contribution is -2.42. The van der Waals surface area contributed by atoms with Gasteiger partial charge in [-0.05, 0) is 50.8 Å². The van der Waals surface area contributed by atoms with Gasteiger partial charge in [0.1, 0.15) is 10.0 Å². The number of carbonyl (C=O) groups excluding carboxylic acids is 1. The Labute approximate surface area is 182 Å². The number of nitrogens with one attached hydrogen (secondary N) is 1. The first-order valence-electron chi connectivity index (χ1n) is 9.78. The summed E-state index contributed by atoms with van der Waals surface area (Å²) < 4.78 is 34.9. The SMILES string of the molecule is Cc1cccc(NC(=O)CN(CC2CCCO2)S(=O)(=O)c2c(C)nn(C)c2Cl)c1C. The molecule has 1 aromatic carbocycles. The number of anilines is 1. The normalized spacial score (nSPS) is 16.9. The third-order valence-corrected chi connectivity index (χ3v) is 7.84. The van der Waals surface area contributed by atoms with Crippen molar-refractivity contribution >= 4 is 33.2 Å². The van der Waals surface area contributed by atoms with Gasteiger partial charge in [0.2, 0.25) is 15.9 Å². The predicted octanol–water partition coefficient (Wildman–Crippen LogP) is 2.81. The summed E-state index contributed by atoms with van der Waals surface area (Å²) in [6.45, 7) is 5.75. The second-order valence-electron chi connectivity index (χ2n) is 7.56. The second kappa shape index (κ2) is 9.05. The van der Waals surface area contributed by atoms with Crippen molar-refractivity contribution in [1.29, 1.82) is 0 Å². The summed E-state index contributed by atoms with van der Waals surface area (Å²) in [5, 5.41) is 6.94. The molecule has 1 unspecified atom stereocenters. The molecule has 1 atom stereocenters. The summed E-state index contributed by atoms with van der Waals surface area (Å²) in [4.78, 5) is 12.7. The van der Waals surface area contributed by atoms with E-state index >= 15 is 0 Å². The van der Waals surface area contributed by atoms with Crippen LogP contribution in [-0.4, -0.2) is 54.2 Å². The van der Waals surface area contributed by atoms with Crippen molar-refractivity contribution < 1.29 is 17.9 Å². The molecule has 2 aromatic rings. The first-order chi connectivity index (χ1) is 14.1. The number of aryl methyl sites for hydroxylation is 3. The molecule has 164 valence electrons. The van der Waals surface area contributed by atoms with E-state index in [1.54, 1.807) is 20.0 Å². The summed E-state index contributed by atoms with van der Waals surface area (Å²) in [6, 6.07) is 5.59. The molecule has 0 radical (unpaired) electrons. The van der Waals surface area contributed by atoms with Crippen molar-refractivity contribution in [3.05, 3.63) is 40.2 Å². The molecule has 1 aliphatic rings. The Hall–Kier alpha value is -1.94. The average Bonchev–Trinajstić information content (AvgIpc) is 3.26. The van der Waals surface area contributed by atoms with E-state index in [0.717, 1.165) is 28.3 Å². The van der Waals surface area contributed by atoms with Crippen LogP contribution in [0.5, 0.6) is 0 Å². The Morgan fingerprint density at radius 2 is 2.10 bits per heavy atom. The second-order valence-corrected chi connectivity index (χ2v) is 9.79. The molecule has 2 heterocycles. The van der Waals surface area contributed by atoms with E-state index in [1.165, 1.54) is 4.68 Å². The van der Waals surface area contributed by atoms with Crippen LogP contribution in [0, 0.1) is 20.8 Å². The summed E-state index contributed by atoms with van der Waals surface area (Å²) in [6.07, 6.45) is 1.34. The number of aromatic nitrogens is 2. The van der Waals surface area contributed by atoms with Crippen LogP contribution in [0.4, 0.5) is 5.69 Å². The Morgan fingerprint density at radius 1 is 1.37 bits per heavy atom. The minimum Gasteiger partial charge on any atom is -0.377 e. The van der Waals surface area contributed by atoms with Gasteiger partial charge in [0.05, 0.1) is 18.3 Å². The van der Waals surface area contributed by atoms with E-state index in [-0.39, 0.29) is 34.9 Å². The van der Waals surface area contributed by atoms with Crippen molar-refractivity contribution in [2.24, 2.45) is 7.05 Å². The van der Waals surface area contributed by atoms with Crippen LogP contribution in [0.25, 0.3) is 0 Å². The van der Waals surface area contributed by atoms with Crippen molar-refractivity contribution in [3.8, 4) is 0 Å². The van der Waals surface area contributed by atoms with Crippen LogP contribution in [0.15, 0.2) is 23.1 Å². The van der Waals surface area contributed by atoms with E-state index in [0.29, 0.717) is 12.3 Å². The number of hydrogen-bond donors (Lipinski definition) is 1. The van der Waals surface area contributed by atoms with Gasteiger partial charge < -0.3 is 10.1 Å². The molecule has 0 spiro atoms. The van der Waals surface area contributed by atoms with Crippen molar-refractivity contribution in [3.63, 3.8) is 0 Å². The van der Waals surface area contributed by atoms with Gasteiger partial charge in [-0.15, -0.1) is 0 Å². The molecule has 1 amide bonds. The fourth-order valence-electron chi connectivity index (χ4n) is 3.53. The third kappa shape index (κ3) is 4.69. The van der Waals surface area contributed by atoms with Gasteiger partial charge in [-0.1, -0.05) is 23.7 Å². The summed E-state index contributed by atoms with van der Waals surface area (Å²) in [7, 11) is -2.48. The zero-order valence-electron chi connectivity index (χ0n) is 17.6. The van der Waals surface area contributed by atoms with Crippen molar-refractivity contribution in [1.82, 2.24) is 14.1 Å². The molecule has 30 heavy (non-hydrogen) atoms. The predicted molar refractivity (Wildman–Crippen MR) is 115 cm³/mol. The lowest BCUT2D eigenvalue weighted by molar-refractivity contribution is -0.116. The maximum Gasteiger partial charge on any atom is 0.248 e. The zero-order chi connectivity index (χ0) is 22.1. The molecular weight excluding hydrogens is 428 g/mol. The van der Waals surface area contributed by atoms with Crippen LogP contribution in [0.2, 0.25) is 5.15 Å².